The number of para-hydroxylation sites is 1. The van der Waals surface area contributed by atoms with Crippen molar-refractivity contribution in [1.29, 1.82) is 0 Å². The van der Waals surface area contributed by atoms with Gasteiger partial charge in [0.2, 0.25) is 5.91 Å². The summed E-state index contributed by atoms with van der Waals surface area (Å²) in [7, 11) is 1.70. The number of azo groups is 3. The van der Waals surface area contributed by atoms with Crippen LogP contribution in [-0.4, -0.2) is 59.6 Å². The highest BCUT2D eigenvalue weighted by atomic mass is 16.5. The molecule has 1 aromatic carbocycles. The predicted molar refractivity (Wildman–Crippen MR) is 164 cm³/mol. The molecule has 1 aromatic rings. The number of benzene rings is 1. The van der Waals surface area contributed by atoms with E-state index in [0.717, 1.165) is 87.6 Å². The summed E-state index contributed by atoms with van der Waals surface area (Å²) in [5.41, 5.74) is 0.947. The lowest BCUT2D eigenvalue weighted by molar-refractivity contribution is -0.575. The molecule has 6 aliphatic rings. The molecule has 2 aliphatic heterocycles. The van der Waals surface area contributed by atoms with E-state index in [0.29, 0.717) is 17.9 Å². The summed E-state index contributed by atoms with van der Waals surface area (Å²) in [6.07, 6.45) is 11.6. The van der Waals surface area contributed by atoms with Crippen LogP contribution in [0.4, 0.5) is 5.69 Å². The molecule has 1 saturated heterocycles. The summed E-state index contributed by atoms with van der Waals surface area (Å²) in [5, 5.41) is 38.6. The van der Waals surface area contributed by atoms with Crippen molar-refractivity contribution in [3.8, 4) is 0 Å². The second-order valence-electron chi connectivity index (χ2n) is 14.5. The van der Waals surface area contributed by atoms with Crippen molar-refractivity contribution >= 4 is 17.5 Å². The fraction of sp³-hybridized carbons (Fsp3) is 0.758. The molecule has 0 radical (unpaired) electrons. The van der Waals surface area contributed by atoms with Gasteiger partial charge in [0, 0.05) is 31.7 Å². The number of carbonyl (C=O) groups is 2. The molecular weight excluding hydrogens is 556 g/mol. The number of carbonyl (C=O) groups excluding carboxylic acids is 2. The molecule has 11 nitrogen and oxygen atoms in total. The lowest BCUT2D eigenvalue weighted by Gasteiger charge is -2.58. The molecule has 44 heavy (non-hydrogen) atoms. The van der Waals surface area contributed by atoms with Gasteiger partial charge < -0.3 is 10.5 Å². The molecule has 2 heterocycles. The van der Waals surface area contributed by atoms with Gasteiger partial charge >= 0.3 is 0 Å². The number of anilines is 1. The zero-order valence-corrected chi connectivity index (χ0v) is 26.1. The third-order valence-corrected chi connectivity index (χ3v) is 11.6. The highest BCUT2D eigenvalue weighted by Gasteiger charge is 2.59. The van der Waals surface area contributed by atoms with Gasteiger partial charge in [-0.05, 0) is 93.8 Å². The van der Waals surface area contributed by atoms with Crippen LogP contribution < -0.4 is 10.2 Å². The van der Waals surface area contributed by atoms with Gasteiger partial charge in [0.25, 0.3) is 5.91 Å². The van der Waals surface area contributed by atoms with E-state index in [2.05, 4.69) is 27.6 Å². The molecule has 1 N–H and O–H groups in total. The molecule has 0 aromatic heterocycles. The molecule has 11 heteroatoms. The number of hydrogen-bond acceptors (Lipinski definition) is 8. The summed E-state index contributed by atoms with van der Waals surface area (Å²) in [6, 6.07) is 7.90. The Morgan fingerprint density at radius 3 is 2.39 bits per heavy atom. The lowest BCUT2D eigenvalue weighted by atomic mass is 9.54. The quantitative estimate of drug-likeness (QED) is 0.236. The summed E-state index contributed by atoms with van der Waals surface area (Å²) in [5.74, 6) is 0.910. The minimum atomic E-state index is -0.377. The molecule has 0 spiro atoms. The summed E-state index contributed by atoms with van der Waals surface area (Å²) in [4.78, 5) is 30.1. The first kappa shape index (κ1) is 29.5. The van der Waals surface area contributed by atoms with Gasteiger partial charge in [-0.3, -0.25) is 14.5 Å². The fourth-order valence-corrected chi connectivity index (χ4v) is 9.53. The minimum Gasteiger partial charge on any atom is -0.600 e. The first-order chi connectivity index (χ1) is 21.3. The smallest absolute Gasteiger partial charge is 0.255 e. The van der Waals surface area contributed by atoms with Gasteiger partial charge in [-0.2, -0.15) is 20.5 Å². The number of nitrogens with zero attached hydrogens (tertiary/aromatic N) is 7. The highest BCUT2D eigenvalue weighted by molar-refractivity contribution is 6.09. The SMILES string of the molecule is CN=NC1CCC([N+]([O-])=NC2CCC(N=NC3(C)CC4CCCC5C4C(C3)C(=O)N3c4ccccc4C(=O)NC53)CC2)CC1. The minimum absolute atomic E-state index is 0.0439. The third-order valence-electron chi connectivity index (χ3n) is 11.6. The number of hydrogen-bond donors (Lipinski definition) is 1. The number of nitrogens with one attached hydrogen (secondary N) is 1. The Morgan fingerprint density at radius 2 is 1.61 bits per heavy atom. The third kappa shape index (κ3) is 5.44. The first-order valence-corrected chi connectivity index (χ1v) is 16.9. The standard InChI is InChI=1S/C33H46N8O3/c1-33(39-37-22-10-12-23(13-11-22)38-41(44)24-16-14-21(15-17-24)36-34-2)18-20-6-5-8-26-29(20)27(19-33)32(43)40-28-9-4-3-7-25(28)31(42)35-30(26)40/h3-4,7,9,20-24,26-27,29-30H,5-6,8,10-19H2,1-2H3,(H,35,42). The van der Waals surface area contributed by atoms with Gasteiger partial charge in [0.1, 0.15) is 12.2 Å². The van der Waals surface area contributed by atoms with E-state index in [1.165, 1.54) is 0 Å². The predicted octanol–water partition coefficient (Wildman–Crippen LogP) is 6.42. The van der Waals surface area contributed by atoms with Crippen molar-refractivity contribution < 1.29 is 14.4 Å². The lowest BCUT2D eigenvalue weighted by Crippen LogP contribution is -2.69. The number of fused-ring (bicyclic) bond motifs is 4. The van der Waals surface area contributed by atoms with E-state index in [9.17, 15) is 14.8 Å². The van der Waals surface area contributed by atoms with Crippen LogP contribution >= 0.6 is 0 Å². The van der Waals surface area contributed by atoms with Gasteiger partial charge in [-0.1, -0.05) is 29.8 Å². The Morgan fingerprint density at radius 1 is 0.909 bits per heavy atom. The van der Waals surface area contributed by atoms with Crippen LogP contribution in [0.15, 0.2) is 49.8 Å². The molecule has 0 bridgehead atoms. The van der Waals surface area contributed by atoms with E-state index in [4.69, 9.17) is 10.2 Å². The van der Waals surface area contributed by atoms with Crippen LogP contribution in [-0.2, 0) is 4.79 Å². The second kappa shape index (κ2) is 11.9. The Labute approximate surface area is 259 Å². The summed E-state index contributed by atoms with van der Waals surface area (Å²) in [6.45, 7) is 2.19. The van der Waals surface area contributed by atoms with E-state index in [1.807, 2.05) is 29.2 Å². The Kier molecular flexibility index (Phi) is 7.99. The van der Waals surface area contributed by atoms with Crippen LogP contribution in [0.2, 0.25) is 0 Å². The van der Waals surface area contributed by atoms with Gasteiger partial charge in [0.15, 0.2) is 6.04 Å². The van der Waals surface area contributed by atoms with E-state index in [-0.39, 0.29) is 65.4 Å². The average molecular weight is 603 g/mol. The maximum absolute atomic E-state index is 14.2. The number of piperidine rings is 1. The number of hydroxylamine groups is 1. The topological polar surface area (TPSA) is 137 Å². The second-order valence-corrected chi connectivity index (χ2v) is 14.5. The highest BCUT2D eigenvalue weighted by Crippen LogP contribution is 2.56. The molecule has 4 saturated carbocycles. The summed E-state index contributed by atoms with van der Waals surface area (Å²) >= 11 is 0. The monoisotopic (exact) mass is 602 g/mol. The van der Waals surface area contributed by atoms with Gasteiger partial charge in [-0.15, -0.1) is 0 Å². The van der Waals surface area contributed by atoms with Crippen molar-refractivity contribution in [1.82, 2.24) is 5.32 Å². The Bertz CT molecular complexity index is 1350. The zero-order chi connectivity index (χ0) is 30.4. The molecule has 6 atom stereocenters. The van der Waals surface area contributed by atoms with Crippen molar-refractivity contribution in [2.45, 2.75) is 126 Å². The van der Waals surface area contributed by atoms with E-state index in [1.54, 1.807) is 7.05 Å². The molecule has 2 amide bonds. The Hall–Kier alpha value is -3.24. The Balaban J connectivity index is 1.00. The average Bonchev–Trinajstić information content (AvgIpc) is 3.03. The molecule has 6 unspecified atom stereocenters. The summed E-state index contributed by atoms with van der Waals surface area (Å²) < 4.78 is 0. The first-order valence-electron chi connectivity index (χ1n) is 16.9. The molecule has 4 aliphatic carbocycles. The number of rotatable bonds is 5. The van der Waals surface area contributed by atoms with Crippen LogP contribution in [0.3, 0.4) is 0 Å². The van der Waals surface area contributed by atoms with Crippen LogP contribution in [0.25, 0.3) is 0 Å². The molecule has 5 fully saturated rings. The van der Waals surface area contributed by atoms with Crippen LogP contribution in [0.5, 0.6) is 0 Å². The normalized spacial score (nSPS) is 40.8. The maximum atomic E-state index is 14.2. The van der Waals surface area contributed by atoms with Crippen molar-refractivity contribution in [3.63, 3.8) is 0 Å². The maximum Gasteiger partial charge on any atom is 0.255 e. The van der Waals surface area contributed by atoms with Gasteiger partial charge in [0.05, 0.1) is 28.9 Å². The van der Waals surface area contributed by atoms with Crippen molar-refractivity contribution in [3.05, 3.63) is 35.0 Å². The largest absolute Gasteiger partial charge is 0.600 e. The fourth-order valence-electron chi connectivity index (χ4n) is 9.53. The van der Waals surface area contributed by atoms with Crippen molar-refractivity contribution in [2.24, 2.45) is 49.2 Å². The van der Waals surface area contributed by atoms with Crippen molar-refractivity contribution in [2.75, 3.05) is 11.9 Å². The van der Waals surface area contributed by atoms with Crippen LogP contribution in [0.1, 0.15) is 101 Å². The molecule has 236 valence electrons. The molecular formula is C33H46N8O3. The number of amides is 2. The molecule has 7 rings (SSSR count). The van der Waals surface area contributed by atoms with Gasteiger partial charge in [-0.25, -0.2) is 0 Å². The van der Waals surface area contributed by atoms with Crippen LogP contribution in [0, 0.1) is 28.9 Å². The zero-order valence-electron chi connectivity index (χ0n) is 26.1. The van der Waals surface area contributed by atoms with E-state index >= 15 is 0 Å². The van der Waals surface area contributed by atoms with E-state index < -0.39 is 0 Å².